The predicted molar refractivity (Wildman–Crippen MR) is 119 cm³/mol. The van der Waals surface area contributed by atoms with Crippen molar-refractivity contribution in [1.29, 1.82) is 0 Å². The maximum Gasteiger partial charge on any atom is 0.125 e. The van der Waals surface area contributed by atoms with Crippen molar-refractivity contribution >= 4 is 0 Å². The van der Waals surface area contributed by atoms with Gasteiger partial charge in [0.2, 0.25) is 0 Å². The van der Waals surface area contributed by atoms with E-state index >= 15 is 0 Å². The fraction of sp³-hybridized carbons (Fsp3) is 0.538. The standard InChI is InChI=1S/C26H38NO.Y/c1-23-14-13-15-24(2)26(23)28-21-12-11-20-27(18-9-4-3-5-10-19-27)22-25-16-7-6-8-17-25;/h6-8,13-17H,3-5,9-12,18-22H2,1-2H3;/q+1;. The molecule has 3 rings (SSSR count). The maximum atomic E-state index is 6.15. The van der Waals surface area contributed by atoms with E-state index < -0.39 is 0 Å². The van der Waals surface area contributed by atoms with Crippen LogP contribution in [-0.2, 0) is 39.3 Å². The minimum Gasteiger partial charge on any atom is -0.493 e. The van der Waals surface area contributed by atoms with Gasteiger partial charge in [0.05, 0.1) is 26.2 Å². The van der Waals surface area contributed by atoms with Gasteiger partial charge in [-0.3, -0.25) is 0 Å². The van der Waals surface area contributed by atoms with E-state index in [-0.39, 0.29) is 32.7 Å². The van der Waals surface area contributed by atoms with Crippen molar-refractivity contribution in [3.05, 3.63) is 65.2 Å². The van der Waals surface area contributed by atoms with Crippen molar-refractivity contribution in [3.63, 3.8) is 0 Å². The zero-order valence-electron chi connectivity index (χ0n) is 18.5. The Bertz CT molecular complexity index is 688. The number of nitrogens with zero attached hydrogens (tertiary/aromatic N) is 1. The summed E-state index contributed by atoms with van der Waals surface area (Å²) in [5.41, 5.74) is 3.99. The maximum absolute atomic E-state index is 6.15. The molecule has 1 heterocycles. The molecule has 0 bridgehead atoms. The molecule has 3 heteroatoms. The van der Waals surface area contributed by atoms with E-state index in [0.717, 1.165) is 18.8 Å². The molecule has 0 aromatic heterocycles. The first-order chi connectivity index (χ1) is 13.7. The predicted octanol–water partition coefficient (Wildman–Crippen LogP) is 6.44. The summed E-state index contributed by atoms with van der Waals surface area (Å²) in [7, 11) is 0. The molecule has 2 nitrogen and oxygen atoms in total. The molecule has 1 fully saturated rings. The van der Waals surface area contributed by atoms with E-state index in [1.165, 1.54) is 85.9 Å². The van der Waals surface area contributed by atoms with Gasteiger partial charge < -0.3 is 9.22 Å². The van der Waals surface area contributed by atoms with E-state index in [2.05, 4.69) is 62.4 Å². The van der Waals surface area contributed by atoms with Crippen molar-refractivity contribution in [1.82, 2.24) is 0 Å². The average molecular weight is 470 g/mol. The summed E-state index contributed by atoms with van der Waals surface area (Å²) in [5.74, 6) is 1.09. The van der Waals surface area contributed by atoms with Crippen molar-refractivity contribution in [2.24, 2.45) is 0 Å². The second-order valence-corrected chi connectivity index (χ2v) is 8.70. The Balaban J connectivity index is 0.00000300. The molecule has 0 aliphatic carbocycles. The number of likely N-dealkylation sites (tertiary alicyclic amines) is 1. The fourth-order valence-corrected chi connectivity index (χ4v) is 4.72. The molecule has 0 spiro atoms. The zero-order valence-corrected chi connectivity index (χ0v) is 21.4. The Morgan fingerprint density at radius 2 is 1.38 bits per heavy atom. The second kappa shape index (κ2) is 12.9. The third-order valence-corrected chi connectivity index (χ3v) is 6.31. The summed E-state index contributed by atoms with van der Waals surface area (Å²) in [6.45, 7) is 10.3. The number of quaternary nitrogens is 1. The quantitative estimate of drug-likeness (QED) is 0.319. The van der Waals surface area contributed by atoms with E-state index in [9.17, 15) is 0 Å². The molecule has 0 unspecified atom stereocenters. The SMILES string of the molecule is Cc1cccc(C)c1OCCCC[N+]1(Cc2ccccc2)CCCCCCC1.[Y]. The number of aryl methyl sites for hydroxylation is 2. The van der Waals surface area contributed by atoms with Crippen LogP contribution in [0.5, 0.6) is 5.75 Å². The number of benzene rings is 2. The van der Waals surface area contributed by atoms with Gasteiger partial charge >= 0.3 is 0 Å². The van der Waals surface area contributed by atoms with Gasteiger partial charge in [0.1, 0.15) is 12.3 Å². The van der Waals surface area contributed by atoms with Crippen LogP contribution < -0.4 is 4.74 Å². The minimum absolute atomic E-state index is 0. The zero-order chi connectivity index (χ0) is 19.7. The summed E-state index contributed by atoms with van der Waals surface area (Å²) in [5, 5.41) is 0. The van der Waals surface area contributed by atoms with Crippen LogP contribution in [0.4, 0.5) is 0 Å². The number of rotatable bonds is 8. The van der Waals surface area contributed by atoms with Gasteiger partial charge in [-0.2, -0.15) is 0 Å². The number of hydrogen-bond acceptors (Lipinski definition) is 1. The van der Waals surface area contributed by atoms with Crippen LogP contribution in [0.3, 0.4) is 0 Å². The Labute approximate surface area is 203 Å². The number of ether oxygens (including phenoxy) is 1. The van der Waals surface area contributed by atoms with E-state index in [4.69, 9.17) is 4.74 Å². The number of unbranched alkanes of at least 4 members (excludes halogenated alkanes) is 1. The molecule has 1 saturated heterocycles. The van der Waals surface area contributed by atoms with Gasteiger partial charge in [0, 0.05) is 38.3 Å². The van der Waals surface area contributed by atoms with Crippen LogP contribution in [0.1, 0.15) is 61.6 Å². The smallest absolute Gasteiger partial charge is 0.125 e. The Morgan fingerprint density at radius 1 is 0.759 bits per heavy atom. The monoisotopic (exact) mass is 469 g/mol. The van der Waals surface area contributed by atoms with Crippen LogP contribution in [0.15, 0.2) is 48.5 Å². The molecule has 0 amide bonds. The normalized spacial score (nSPS) is 16.3. The first-order valence-corrected chi connectivity index (χ1v) is 11.3. The van der Waals surface area contributed by atoms with E-state index in [0.29, 0.717) is 0 Å². The molecule has 0 N–H and O–H groups in total. The molecule has 1 aliphatic heterocycles. The Morgan fingerprint density at radius 3 is 2.03 bits per heavy atom. The van der Waals surface area contributed by atoms with Crippen LogP contribution in [0.25, 0.3) is 0 Å². The summed E-state index contributed by atoms with van der Waals surface area (Å²) in [6, 6.07) is 17.5. The fourth-order valence-electron chi connectivity index (χ4n) is 4.72. The topological polar surface area (TPSA) is 9.23 Å². The van der Waals surface area contributed by atoms with Crippen molar-refractivity contribution in [3.8, 4) is 5.75 Å². The van der Waals surface area contributed by atoms with Crippen molar-refractivity contribution < 1.29 is 41.9 Å². The summed E-state index contributed by atoms with van der Waals surface area (Å²) in [6.07, 6.45) is 9.39. The van der Waals surface area contributed by atoms with Gasteiger partial charge in [-0.1, -0.05) is 55.0 Å². The van der Waals surface area contributed by atoms with Gasteiger partial charge in [0.25, 0.3) is 0 Å². The first kappa shape index (κ1) is 24.6. The molecular formula is C26H38NOY+. The second-order valence-electron chi connectivity index (χ2n) is 8.70. The molecule has 29 heavy (non-hydrogen) atoms. The molecule has 1 radical (unpaired) electrons. The van der Waals surface area contributed by atoms with Gasteiger partial charge in [-0.25, -0.2) is 0 Å². The molecule has 2 aromatic rings. The largest absolute Gasteiger partial charge is 0.493 e. The summed E-state index contributed by atoms with van der Waals surface area (Å²) >= 11 is 0. The molecule has 1 aliphatic rings. The number of para-hydroxylation sites is 1. The molecule has 2 aromatic carbocycles. The van der Waals surface area contributed by atoms with Crippen LogP contribution >= 0.6 is 0 Å². The molecule has 0 saturated carbocycles. The summed E-state index contributed by atoms with van der Waals surface area (Å²) < 4.78 is 7.42. The molecular weight excluding hydrogens is 431 g/mol. The van der Waals surface area contributed by atoms with Crippen molar-refractivity contribution in [2.45, 2.75) is 65.3 Å². The Kier molecular flexibility index (Phi) is 10.9. The van der Waals surface area contributed by atoms with E-state index in [1.54, 1.807) is 0 Å². The van der Waals surface area contributed by atoms with Crippen LogP contribution in [-0.4, -0.2) is 30.7 Å². The first-order valence-electron chi connectivity index (χ1n) is 11.3. The Hall–Kier alpha value is -0.696. The minimum atomic E-state index is 0. The summed E-state index contributed by atoms with van der Waals surface area (Å²) in [4.78, 5) is 0. The van der Waals surface area contributed by atoms with Gasteiger partial charge in [-0.15, -0.1) is 0 Å². The van der Waals surface area contributed by atoms with E-state index in [1.807, 2.05) is 0 Å². The average Bonchev–Trinajstić information content (AvgIpc) is 2.67. The number of hydrogen-bond donors (Lipinski definition) is 0. The third kappa shape index (κ3) is 7.81. The van der Waals surface area contributed by atoms with Crippen LogP contribution in [0.2, 0.25) is 0 Å². The van der Waals surface area contributed by atoms with Gasteiger partial charge in [0.15, 0.2) is 0 Å². The van der Waals surface area contributed by atoms with Crippen LogP contribution in [0, 0.1) is 13.8 Å². The molecule has 155 valence electrons. The third-order valence-electron chi connectivity index (χ3n) is 6.31. The van der Waals surface area contributed by atoms with Gasteiger partial charge in [-0.05, 0) is 63.5 Å². The molecule has 0 atom stereocenters. The van der Waals surface area contributed by atoms with Crippen molar-refractivity contribution in [2.75, 3.05) is 26.2 Å².